The number of carbonyl (C=O) groups is 1. The second kappa shape index (κ2) is 14.8. The average molecular weight is 597 g/mol. The van der Waals surface area contributed by atoms with E-state index in [1.807, 2.05) is 25.9 Å². The molecule has 8 nitrogen and oxygen atoms in total. The first-order valence-electron chi connectivity index (χ1n) is 14.3. The van der Waals surface area contributed by atoms with Crippen molar-refractivity contribution in [2.75, 3.05) is 34.3 Å². The molecular weight excluding hydrogens is 558 g/mol. The van der Waals surface area contributed by atoms with Gasteiger partial charge in [-0.25, -0.2) is 24.2 Å². The second-order valence-electron chi connectivity index (χ2n) is 10.2. The van der Waals surface area contributed by atoms with Crippen molar-refractivity contribution in [1.82, 2.24) is 30.6 Å². The van der Waals surface area contributed by atoms with Gasteiger partial charge in [0.25, 0.3) is 12.3 Å². The van der Waals surface area contributed by atoms with Gasteiger partial charge < -0.3 is 15.0 Å². The number of methoxy groups -OCH3 is 1. The summed E-state index contributed by atoms with van der Waals surface area (Å²) in [6, 6.07) is 2.91. The number of ether oxygens (including phenoxy) is 1. The van der Waals surface area contributed by atoms with Crippen LogP contribution in [0, 0.1) is 35.5 Å². The predicted octanol–water partition coefficient (Wildman–Crippen LogP) is 4.75. The fourth-order valence-electron chi connectivity index (χ4n) is 4.65. The van der Waals surface area contributed by atoms with Crippen molar-refractivity contribution >= 4 is 17.7 Å². The molecule has 0 spiro atoms. The summed E-state index contributed by atoms with van der Waals surface area (Å²) in [4.78, 5) is 24.1. The van der Waals surface area contributed by atoms with Gasteiger partial charge in [0, 0.05) is 42.8 Å². The largest absolute Gasteiger partial charge is 0.494 e. The van der Waals surface area contributed by atoms with Crippen LogP contribution in [0.1, 0.15) is 67.7 Å². The van der Waals surface area contributed by atoms with Crippen molar-refractivity contribution in [1.29, 1.82) is 0 Å². The second-order valence-corrected chi connectivity index (χ2v) is 11.4. The van der Waals surface area contributed by atoms with Crippen LogP contribution in [-0.4, -0.2) is 71.0 Å². The number of thioether (sulfide) groups is 1. The fraction of sp³-hybridized carbons (Fsp3) is 0.516. The number of hydrogen-bond donors (Lipinski definition) is 2. The Kier molecular flexibility index (Phi) is 11.2. The molecule has 3 fully saturated rings. The third kappa shape index (κ3) is 8.20. The van der Waals surface area contributed by atoms with Gasteiger partial charge in [0.15, 0.2) is 0 Å². The summed E-state index contributed by atoms with van der Waals surface area (Å²) in [6.45, 7) is 5.93. The number of rotatable bonds is 5. The van der Waals surface area contributed by atoms with Crippen LogP contribution in [-0.2, 0) is 0 Å². The zero-order valence-electron chi connectivity index (χ0n) is 24.7. The smallest absolute Gasteiger partial charge is 0.280 e. The molecule has 1 amide bonds. The topological polar surface area (TPSA) is 82.6 Å². The van der Waals surface area contributed by atoms with E-state index < -0.39 is 23.5 Å². The number of nitrogens with one attached hydrogen (secondary N) is 2. The van der Waals surface area contributed by atoms with E-state index in [0.717, 1.165) is 38.8 Å². The predicted molar refractivity (Wildman–Crippen MR) is 161 cm³/mol. The molecule has 2 aliphatic heterocycles. The van der Waals surface area contributed by atoms with E-state index in [-0.39, 0.29) is 22.6 Å². The number of aromatic nitrogens is 2. The minimum atomic E-state index is -2.78. The molecule has 0 aromatic carbocycles. The van der Waals surface area contributed by atoms with Crippen LogP contribution < -0.4 is 15.5 Å². The maximum absolute atomic E-state index is 13.6. The Labute approximate surface area is 251 Å². The maximum atomic E-state index is 13.6. The Morgan fingerprint density at radius 2 is 1.88 bits per heavy atom. The van der Waals surface area contributed by atoms with E-state index in [1.54, 1.807) is 6.07 Å². The van der Waals surface area contributed by atoms with E-state index in [0.29, 0.717) is 22.7 Å². The SMILES string of the molecule is CC.COc1cnc(C(F)F)cc1-c1cc(C#CC2CCCN(C)C2)ncc1C(=O)NC1NN(C)C(C#CC2CC2)S1. The molecule has 224 valence electrons. The first kappa shape index (κ1) is 31.7. The van der Waals surface area contributed by atoms with Crippen LogP contribution >= 0.6 is 11.8 Å². The molecule has 1 saturated carbocycles. The minimum absolute atomic E-state index is 0.103. The molecule has 2 aromatic heterocycles. The number of hydrazine groups is 1. The highest BCUT2D eigenvalue weighted by molar-refractivity contribution is 8.00. The molecule has 0 bridgehead atoms. The molecular formula is C31H38F2N6O2S. The Bertz CT molecular complexity index is 1380. The van der Waals surface area contributed by atoms with Crippen LogP contribution in [0.5, 0.6) is 5.75 Å². The number of carbonyl (C=O) groups excluding carboxylic acids is 1. The van der Waals surface area contributed by atoms with E-state index in [9.17, 15) is 13.6 Å². The van der Waals surface area contributed by atoms with Crippen molar-refractivity contribution in [2.24, 2.45) is 11.8 Å². The first-order chi connectivity index (χ1) is 20.3. The Morgan fingerprint density at radius 3 is 2.57 bits per heavy atom. The molecule has 1 aliphatic carbocycles. The quantitative estimate of drug-likeness (QED) is 0.479. The van der Waals surface area contributed by atoms with Crippen LogP contribution in [0.3, 0.4) is 0 Å². The number of nitrogens with zero attached hydrogens (tertiary/aromatic N) is 4. The molecule has 42 heavy (non-hydrogen) atoms. The number of pyridine rings is 2. The maximum Gasteiger partial charge on any atom is 0.280 e. The van der Waals surface area contributed by atoms with Gasteiger partial charge in [-0.2, -0.15) is 0 Å². The molecule has 2 saturated heterocycles. The minimum Gasteiger partial charge on any atom is -0.494 e. The van der Waals surface area contributed by atoms with E-state index in [4.69, 9.17) is 4.74 Å². The summed E-state index contributed by atoms with van der Waals surface area (Å²) in [6.07, 6.45) is 4.27. The number of likely N-dealkylation sites (tertiary alicyclic amines) is 1. The van der Waals surface area contributed by atoms with Gasteiger partial charge in [0.1, 0.15) is 28.0 Å². The number of hydrogen-bond acceptors (Lipinski definition) is 8. The third-order valence-corrected chi connectivity index (χ3v) is 8.18. The van der Waals surface area contributed by atoms with Crippen molar-refractivity contribution < 1.29 is 18.3 Å². The highest BCUT2D eigenvalue weighted by atomic mass is 32.2. The highest BCUT2D eigenvalue weighted by Gasteiger charge is 2.31. The van der Waals surface area contributed by atoms with Crippen LogP contribution in [0.15, 0.2) is 24.5 Å². The highest BCUT2D eigenvalue weighted by Crippen LogP contribution is 2.35. The van der Waals surface area contributed by atoms with Crippen LogP contribution in [0.2, 0.25) is 0 Å². The Morgan fingerprint density at radius 1 is 1.10 bits per heavy atom. The van der Waals surface area contributed by atoms with Crippen molar-refractivity contribution in [3.05, 3.63) is 41.5 Å². The zero-order chi connectivity index (χ0) is 30.2. The van der Waals surface area contributed by atoms with Crippen molar-refractivity contribution in [2.45, 2.75) is 56.8 Å². The summed E-state index contributed by atoms with van der Waals surface area (Å²) in [5.41, 5.74) is 3.73. The van der Waals surface area contributed by atoms with Crippen molar-refractivity contribution in [3.8, 4) is 40.6 Å². The van der Waals surface area contributed by atoms with Crippen LogP contribution in [0.25, 0.3) is 11.1 Å². The molecule has 4 heterocycles. The monoisotopic (exact) mass is 596 g/mol. The lowest BCUT2D eigenvalue weighted by Gasteiger charge is -2.26. The molecule has 2 aromatic rings. The first-order valence-corrected chi connectivity index (χ1v) is 15.2. The summed E-state index contributed by atoms with van der Waals surface area (Å²) in [7, 11) is 5.39. The number of amides is 1. The molecule has 11 heteroatoms. The molecule has 3 aliphatic rings. The third-order valence-electron chi connectivity index (χ3n) is 6.99. The molecule has 2 N–H and O–H groups in total. The molecule has 5 rings (SSSR count). The lowest BCUT2D eigenvalue weighted by atomic mass is 9.97. The van der Waals surface area contributed by atoms with Gasteiger partial charge >= 0.3 is 0 Å². The fourth-order valence-corrected chi connectivity index (χ4v) is 5.69. The standard InChI is InChI=1S/C29H32F2N6O2S.C2H6/c1-36-12-4-5-19(17-36)8-10-20-13-21(22-14-24(27(30)31)33-16-25(22)39-3)23(15-32-20)28(38)34-29-35-37(2)26(40-29)11-9-18-6-7-18;1-2/h13-16,18-19,26-27,29,35H,4-7,12,17H2,1-3H3,(H,34,38);1-2H3. The van der Waals surface area contributed by atoms with Gasteiger partial charge in [-0.15, -0.1) is 0 Å². The van der Waals surface area contributed by atoms with Gasteiger partial charge in [0.05, 0.1) is 18.9 Å². The van der Waals surface area contributed by atoms with Crippen LogP contribution in [0.4, 0.5) is 8.78 Å². The lowest BCUT2D eigenvalue weighted by molar-refractivity contribution is 0.0934. The number of alkyl halides is 2. The van der Waals surface area contributed by atoms with Gasteiger partial charge in [0.2, 0.25) is 0 Å². The van der Waals surface area contributed by atoms with Gasteiger partial charge in [-0.3, -0.25) is 9.78 Å². The number of piperidine rings is 1. The summed E-state index contributed by atoms with van der Waals surface area (Å²) in [5, 5.41) is 4.73. The van der Waals surface area contributed by atoms with E-state index in [2.05, 4.69) is 56.3 Å². The molecule has 3 atom stereocenters. The number of halogens is 2. The zero-order valence-corrected chi connectivity index (χ0v) is 25.5. The summed E-state index contributed by atoms with van der Waals surface area (Å²) < 4.78 is 32.7. The summed E-state index contributed by atoms with van der Waals surface area (Å²) in [5.74, 6) is 13.5. The molecule has 0 radical (unpaired) electrons. The Balaban J connectivity index is 0.00000198. The van der Waals surface area contributed by atoms with Gasteiger partial charge in [-0.05, 0) is 57.3 Å². The Hall–Kier alpha value is -3.22. The summed E-state index contributed by atoms with van der Waals surface area (Å²) >= 11 is 1.48. The normalized spacial score (nSPS) is 22.2. The average Bonchev–Trinajstić information content (AvgIpc) is 3.76. The lowest BCUT2D eigenvalue weighted by Crippen LogP contribution is -2.44. The van der Waals surface area contributed by atoms with Crippen molar-refractivity contribution in [3.63, 3.8) is 0 Å². The van der Waals surface area contributed by atoms with E-state index >= 15 is 0 Å². The molecule has 3 unspecified atom stereocenters. The van der Waals surface area contributed by atoms with Gasteiger partial charge in [-0.1, -0.05) is 43.4 Å². The van der Waals surface area contributed by atoms with E-state index in [1.165, 1.54) is 37.3 Å².